The molecule has 3 unspecified atom stereocenters. The fourth-order valence-electron chi connectivity index (χ4n) is 5.93. The molecule has 0 spiro atoms. The number of amides is 1. The summed E-state index contributed by atoms with van der Waals surface area (Å²) >= 11 is 0. The normalized spacial score (nSPS) is 23.6. The van der Waals surface area contributed by atoms with Gasteiger partial charge in [-0.1, -0.05) is 13.8 Å². The van der Waals surface area contributed by atoms with Crippen LogP contribution in [0.1, 0.15) is 51.2 Å². The first-order valence-corrected chi connectivity index (χ1v) is 14.3. The van der Waals surface area contributed by atoms with E-state index in [0.717, 1.165) is 73.2 Å². The molecule has 10 heteroatoms. The molecule has 0 aromatic heterocycles. The van der Waals surface area contributed by atoms with Crippen LogP contribution in [0.2, 0.25) is 0 Å². The van der Waals surface area contributed by atoms with Gasteiger partial charge in [0.15, 0.2) is 0 Å². The summed E-state index contributed by atoms with van der Waals surface area (Å²) in [6.45, 7) is 9.47. The lowest BCUT2D eigenvalue weighted by molar-refractivity contribution is -0.647. The molecule has 1 amide bonds. The van der Waals surface area contributed by atoms with Crippen LogP contribution >= 0.6 is 0 Å². The molecule has 40 heavy (non-hydrogen) atoms. The highest BCUT2D eigenvalue weighted by molar-refractivity contribution is 6.01. The van der Waals surface area contributed by atoms with Crippen molar-refractivity contribution < 1.29 is 14.5 Å². The third kappa shape index (κ3) is 5.73. The second-order valence-corrected chi connectivity index (χ2v) is 10.5. The van der Waals surface area contributed by atoms with E-state index < -0.39 is 17.9 Å². The Bertz CT molecular complexity index is 1280. The van der Waals surface area contributed by atoms with Crippen molar-refractivity contribution in [3.05, 3.63) is 59.7 Å². The molecule has 0 bridgehead atoms. The van der Waals surface area contributed by atoms with E-state index in [1.54, 1.807) is 0 Å². The molecule has 3 heterocycles. The molecule has 3 atom stereocenters. The summed E-state index contributed by atoms with van der Waals surface area (Å²) in [7, 11) is 0. The van der Waals surface area contributed by atoms with Crippen molar-refractivity contribution in [2.24, 2.45) is 9.98 Å². The molecule has 0 aliphatic carbocycles. The van der Waals surface area contributed by atoms with Gasteiger partial charge in [0.05, 0.1) is 19.1 Å². The quantitative estimate of drug-likeness (QED) is 0.212. The van der Waals surface area contributed by atoms with E-state index in [-0.39, 0.29) is 11.9 Å². The Morgan fingerprint density at radius 2 is 1.55 bits per heavy atom. The Balaban J connectivity index is 1.31. The van der Waals surface area contributed by atoms with Crippen molar-refractivity contribution in [2.75, 3.05) is 36.8 Å². The van der Waals surface area contributed by atoms with E-state index in [4.69, 9.17) is 0 Å². The van der Waals surface area contributed by atoms with Gasteiger partial charge in [-0.05, 0) is 48.5 Å². The van der Waals surface area contributed by atoms with Gasteiger partial charge in [-0.15, -0.1) is 0 Å². The summed E-state index contributed by atoms with van der Waals surface area (Å²) in [5.74, 6) is 1.70. The summed E-state index contributed by atoms with van der Waals surface area (Å²) < 4.78 is 2.13. The highest BCUT2D eigenvalue weighted by Crippen LogP contribution is 2.29. The number of amidine groups is 2. The van der Waals surface area contributed by atoms with Crippen LogP contribution in [0.25, 0.3) is 0 Å². The van der Waals surface area contributed by atoms with Crippen LogP contribution in [0.3, 0.4) is 0 Å². The van der Waals surface area contributed by atoms with Crippen LogP contribution in [-0.2, 0) is 4.79 Å². The zero-order valence-electron chi connectivity index (χ0n) is 23.6. The first-order valence-electron chi connectivity index (χ1n) is 14.3. The molecule has 6 N–H and O–H groups in total. The fourth-order valence-corrected chi connectivity index (χ4v) is 5.93. The molecule has 0 radical (unpaired) electrons. The number of aliphatic imine (C=N–C) groups is 2. The molecular formula is C30H41N8O2+. The largest absolute Gasteiger partial charge is 0.372 e. The summed E-state index contributed by atoms with van der Waals surface area (Å²) in [6.07, 6.45) is 3.08. The van der Waals surface area contributed by atoms with Crippen molar-refractivity contribution >= 4 is 35.2 Å². The summed E-state index contributed by atoms with van der Waals surface area (Å²) in [5.41, 5.74) is 3.11. The predicted molar refractivity (Wildman–Crippen MR) is 161 cm³/mol. The molecule has 212 valence electrons. The highest BCUT2D eigenvalue weighted by Gasteiger charge is 2.52. The molecule has 10 nitrogen and oxygen atoms in total. The smallest absolute Gasteiger partial charge is 0.293 e. The third-order valence-corrected chi connectivity index (χ3v) is 8.14. The fraction of sp³-hybridized carbons (Fsp3) is 0.467. The predicted octanol–water partition coefficient (Wildman–Crippen LogP) is 2.11. The van der Waals surface area contributed by atoms with E-state index in [1.165, 1.54) is 0 Å². The van der Waals surface area contributed by atoms with Gasteiger partial charge in [0, 0.05) is 61.8 Å². The molecule has 3 aliphatic rings. The minimum absolute atomic E-state index is 0.0960. The Labute approximate surface area is 236 Å². The van der Waals surface area contributed by atoms with Gasteiger partial charge in [-0.2, -0.15) is 0 Å². The van der Waals surface area contributed by atoms with Gasteiger partial charge >= 0.3 is 0 Å². The standard InChI is InChI=1S/C30H40N8O2/c1-4-30(5-2)37-24(28(39)35-22-11-7-20(8-12-22)26-31-15-16-32-26)19-25(38(30)6-3)29(40)36-23-13-9-21(10-14-23)27-33-17-18-34-27/h6-14,24-25,28,37,39H,4-5,15-19H2,1-3H3,(H3-,31,32,33,34,35,36,40)/p+1/b38-6-. The molecule has 2 aromatic rings. The third-order valence-electron chi connectivity index (χ3n) is 8.14. The number of carbonyl (C=O) groups is 1. The van der Waals surface area contributed by atoms with Crippen molar-refractivity contribution in [3.8, 4) is 0 Å². The van der Waals surface area contributed by atoms with E-state index >= 15 is 0 Å². The van der Waals surface area contributed by atoms with Crippen molar-refractivity contribution in [2.45, 2.75) is 64.0 Å². The second-order valence-electron chi connectivity index (χ2n) is 10.5. The number of hydrogen-bond donors (Lipinski definition) is 6. The van der Waals surface area contributed by atoms with E-state index in [1.807, 2.05) is 61.7 Å². The molecule has 0 saturated carbocycles. The Morgan fingerprint density at radius 1 is 1.00 bits per heavy atom. The number of nitrogens with zero attached hydrogens (tertiary/aromatic N) is 3. The van der Waals surface area contributed by atoms with E-state index in [0.29, 0.717) is 6.42 Å². The zero-order chi connectivity index (χ0) is 28.1. The van der Waals surface area contributed by atoms with Crippen LogP contribution in [-0.4, -0.2) is 83.6 Å². The average molecular weight is 546 g/mol. The lowest BCUT2D eigenvalue weighted by Crippen LogP contribution is -2.70. The maximum absolute atomic E-state index is 13.7. The maximum atomic E-state index is 13.7. The van der Waals surface area contributed by atoms with Gasteiger partial charge in [0.25, 0.3) is 5.91 Å². The van der Waals surface area contributed by atoms with Crippen LogP contribution in [0.5, 0.6) is 0 Å². The Morgan fingerprint density at radius 3 is 2.02 bits per heavy atom. The first-order chi connectivity index (χ1) is 19.5. The van der Waals surface area contributed by atoms with Gasteiger partial charge in [0.2, 0.25) is 11.7 Å². The number of anilines is 2. The second kappa shape index (κ2) is 12.2. The number of aliphatic hydroxyl groups excluding tert-OH is 1. The summed E-state index contributed by atoms with van der Waals surface area (Å²) in [5, 5.41) is 27.9. The number of aliphatic hydroxyl groups is 1. The zero-order valence-corrected chi connectivity index (χ0v) is 23.6. The van der Waals surface area contributed by atoms with E-state index in [2.05, 4.69) is 55.0 Å². The number of carbonyl (C=O) groups excluding carboxylic acids is 1. The number of hydrogen-bond acceptors (Lipinski definition) is 8. The minimum Gasteiger partial charge on any atom is -0.372 e. The average Bonchev–Trinajstić information content (AvgIpc) is 3.72. The lowest BCUT2D eigenvalue weighted by atomic mass is 9.90. The van der Waals surface area contributed by atoms with Crippen LogP contribution in [0.4, 0.5) is 11.4 Å². The molecule has 2 aromatic carbocycles. The van der Waals surface area contributed by atoms with Crippen LogP contribution < -0.4 is 26.6 Å². The number of benzene rings is 2. The maximum Gasteiger partial charge on any atom is 0.293 e. The first kappa shape index (κ1) is 27.8. The molecule has 1 saturated heterocycles. The minimum atomic E-state index is -0.890. The van der Waals surface area contributed by atoms with Gasteiger partial charge in [-0.3, -0.25) is 14.8 Å². The van der Waals surface area contributed by atoms with Gasteiger partial charge < -0.3 is 26.4 Å². The molecule has 3 aliphatic heterocycles. The lowest BCUT2D eigenvalue weighted by Gasteiger charge is -2.43. The van der Waals surface area contributed by atoms with Crippen LogP contribution in [0.15, 0.2) is 58.5 Å². The molecule has 5 rings (SSSR count). The Hall–Kier alpha value is -3.76. The van der Waals surface area contributed by atoms with Gasteiger partial charge in [0.1, 0.15) is 24.1 Å². The van der Waals surface area contributed by atoms with Crippen LogP contribution in [0, 0.1) is 0 Å². The monoisotopic (exact) mass is 545 g/mol. The number of nitrogens with one attached hydrogen (secondary N) is 5. The van der Waals surface area contributed by atoms with Crippen molar-refractivity contribution in [1.29, 1.82) is 0 Å². The molecular weight excluding hydrogens is 504 g/mol. The molecule has 1 fully saturated rings. The topological polar surface area (TPSA) is 125 Å². The van der Waals surface area contributed by atoms with Gasteiger partial charge in [-0.25, -0.2) is 9.89 Å². The van der Waals surface area contributed by atoms with Crippen molar-refractivity contribution in [3.63, 3.8) is 0 Å². The summed E-state index contributed by atoms with van der Waals surface area (Å²) in [6, 6.07) is 14.8. The number of rotatable bonds is 9. The van der Waals surface area contributed by atoms with E-state index in [9.17, 15) is 9.90 Å². The van der Waals surface area contributed by atoms with Crippen molar-refractivity contribution in [1.82, 2.24) is 16.0 Å². The Kier molecular flexibility index (Phi) is 8.46. The highest BCUT2D eigenvalue weighted by atomic mass is 16.3. The SMILES string of the molecule is C/C=[N+]1/C(C(=O)Nc2ccc(C3=NCCN3)cc2)CC(C(O)Nc2ccc(C3=NCCN3)cc2)NC1(CC)CC. The summed E-state index contributed by atoms with van der Waals surface area (Å²) in [4.78, 5) is 22.7.